The average molecular weight is 474 g/mol. The highest BCUT2D eigenvalue weighted by atomic mass is 35.5. The molecule has 3 aromatic rings. The first kappa shape index (κ1) is 23.3. The molecule has 0 bridgehead atoms. The summed E-state index contributed by atoms with van der Waals surface area (Å²) in [6.45, 7) is 7.04. The summed E-state index contributed by atoms with van der Waals surface area (Å²) in [5, 5.41) is 8.19. The van der Waals surface area contributed by atoms with Crippen molar-refractivity contribution in [2.45, 2.75) is 38.5 Å². The Morgan fingerprint density at radius 3 is 2.94 bits per heavy atom. The van der Waals surface area contributed by atoms with Crippen LogP contribution in [0, 0.1) is 0 Å². The fourth-order valence-corrected chi connectivity index (χ4v) is 4.50. The zero-order chi connectivity index (χ0) is 23.8. The summed E-state index contributed by atoms with van der Waals surface area (Å²) in [7, 11) is 1.32. The summed E-state index contributed by atoms with van der Waals surface area (Å²) in [5.74, 6) is -0.212. The Morgan fingerprint density at radius 2 is 2.18 bits per heavy atom. The third-order valence-corrected chi connectivity index (χ3v) is 5.97. The number of alkyl carbamates (subject to hydrolysis) is 1. The molecule has 3 N–H and O–H groups in total. The van der Waals surface area contributed by atoms with Gasteiger partial charge >= 0.3 is 6.09 Å². The molecule has 3 heterocycles. The normalized spacial score (nSPS) is 19.4. The van der Waals surface area contributed by atoms with E-state index in [0.717, 1.165) is 21.8 Å². The van der Waals surface area contributed by atoms with Gasteiger partial charge < -0.3 is 25.1 Å². The lowest BCUT2D eigenvalue weighted by molar-refractivity contribution is -0.143. The molecule has 0 saturated carbocycles. The van der Waals surface area contributed by atoms with Gasteiger partial charge in [-0.3, -0.25) is 14.7 Å². The number of aromatic amines is 1. The number of fused-ring (bicyclic) bond motifs is 3. The van der Waals surface area contributed by atoms with E-state index >= 15 is 0 Å². The zero-order valence-corrected chi connectivity index (χ0v) is 19.8. The van der Waals surface area contributed by atoms with Crippen molar-refractivity contribution >= 4 is 51.1 Å². The van der Waals surface area contributed by atoms with Crippen molar-refractivity contribution in [2.75, 3.05) is 32.1 Å². The number of rotatable bonds is 5. The summed E-state index contributed by atoms with van der Waals surface area (Å²) in [6, 6.07) is 4.74. The van der Waals surface area contributed by atoms with E-state index in [0.29, 0.717) is 23.8 Å². The standard InChI is InChI=1S/C23H28ClN5O4/c1-13(26-22(31)32-4)10-29-12-23(2,3)33-11-19(29)21(30)28-17-8-14(24)7-16-15-5-6-25-9-18(15)27-20(16)17/h5-9,13,19,27H,10-12H2,1-4H3,(H,26,31)(H,28,30)/t13-,19-/m0/s1. The minimum absolute atomic E-state index is 0.212. The number of halogens is 1. The number of amides is 2. The highest BCUT2D eigenvalue weighted by molar-refractivity contribution is 6.33. The molecule has 1 fully saturated rings. The third-order valence-electron chi connectivity index (χ3n) is 5.75. The molecule has 4 rings (SSSR count). The van der Waals surface area contributed by atoms with Gasteiger partial charge in [-0.25, -0.2) is 4.79 Å². The second-order valence-corrected chi connectivity index (χ2v) is 9.40. The quantitative estimate of drug-likeness (QED) is 0.523. The van der Waals surface area contributed by atoms with E-state index in [1.807, 2.05) is 37.8 Å². The van der Waals surface area contributed by atoms with Crippen molar-refractivity contribution in [3.05, 3.63) is 35.6 Å². The lowest BCUT2D eigenvalue weighted by Gasteiger charge is -2.43. The number of hydrogen-bond donors (Lipinski definition) is 3. The Balaban J connectivity index is 1.59. The van der Waals surface area contributed by atoms with Crippen LogP contribution in [-0.2, 0) is 14.3 Å². The second-order valence-electron chi connectivity index (χ2n) is 8.96. The minimum atomic E-state index is -0.542. The Labute approximate surface area is 196 Å². The fraction of sp³-hybridized carbons (Fsp3) is 0.435. The number of H-pyrrole nitrogens is 1. The summed E-state index contributed by atoms with van der Waals surface area (Å²) in [4.78, 5) is 34.5. The van der Waals surface area contributed by atoms with Crippen LogP contribution in [0.25, 0.3) is 21.8 Å². The number of aromatic nitrogens is 2. The van der Waals surface area contributed by atoms with E-state index in [-0.39, 0.29) is 18.6 Å². The van der Waals surface area contributed by atoms with Gasteiger partial charge in [0.1, 0.15) is 6.04 Å². The number of methoxy groups -OCH3 is 1. The SMILES string of the molecule is COC(=O)N[C@@H](C)CN1CC(C)(C)OC[C@H]1C(=O)Nc1cc(Cl)cc2c1[nH]c1cnccc12. The molecule has 2 aromatic heterocycles. The molecular weight excluding hydrogens is 446 g/mol. The highest BCUT2D eigenvalue weighted by Crippen LogP contribution is 2.33. The van der Waals surface area contributed by atoms with Crippen molar-refractivity contribution in [3.63, 3.8) is 0 Å². The smallest absolute Gasteiger partial charge is 0.407 e. The largest absolute Gasteiger partial charge is 0.453 e. The molecule has 10 heteroatoms. The first-order valence-corrected chi connectivity index (χ1v) is 11.1. The molecular formula is C23H28ClN5O4. The Bertz CT molecular complexity index is 1190. The number of nitrogens with zero attached hydrogens (tertiary/aromatic N) is 2. The Morgan fingerprint density at radius 1 is 1.39 bits per heavy atom. The topological polar surface area (TPSA) is 109 Å². The van der Waals surface area contributed by atoms with Gasteiger partial charge in [-0.2, -0.15) is 0 Å². The molecule has 9 nitrogen and oxygen atoms in total. The predicted octanol–water partition coefficient (Wildman–Crippen LogP) is 3.53. The van der Waals surface area contributed by atoms with Crippen LogP contribution in [0.5, 0.6) is 0 Å². The molecule has 0 unspecified atom stereocenters. The Hall–Kier alpha value is -2.88. The number of hydrogen-bond acceptors (Lipinski definition) is 6. The molecule has 176 valence electrons. The summed E-state index contributed by atoms with van der Waals surface area (Å²) < 4.78 is 10.6. The molecule has 0 aliphatic carbocycles. The van der Waals surface area contributed by atoms with E-state index < -0.39 is 17.7 Å². The molecule has 1 aromatic carbocycles. The molecule has 33 heavy (non-hydrogen) atoms. The Kier molecular flexibility index (Phi) is 6.47. The monoisotopic (exact) mass is 473 g/mol. The van der Waals surface area contributed by atoms with Gasteiger partial charge in [0.05, 0.1) is 42.2 Å². The molecule has 1 aliphatic rings. The summed E-state index contributed by atoms with van der Waals surface area (Å²) in [6.07, 6.45) is 2.95. The van der Waals surface area contributed by atoms with Gasteiger partial charge in [-0.05, 0) is 39.0 Å². The molecule has 0 radical (unpaired) electrons. The van der Waals surface area contributed by atoms with Crippen LogP contribution in [0.4, 0.5) is 10.5 Å². The maximum Gasteiger partial charge on any atom is 0.407 e. The first-order valence-electron chi connectivity index (χ1n) is 10.7. The molecule has 1 aliphatic heterocycles. The van der Waals surface area contributed by atoms with E-state index in [4.69, 9.17) is 16.3 Å². The third kappa shape index (κ3) is 5.05. The van der Waals surface area contributed by atoms with Crippen molar-refractivity contribution in [2.24, 2.45) is 0 Å². The van der Waals surface area contributed by atoms with E-state index in [9.17, 15) is 9.59 Å². The number of carbonyl (C=O) groups excluding carboxylic acids is 2. The van der Waals surface area contributed by atoms with Crippen LogP contribution in [0.3, 0.4) is 0 Å². The predicted molar refractivity (Wildman–Crippen MR) is 128 cm³/mol. The van der Waals surface area contributed by atoms with Crippen LogP contribution in [0.15, 0.2) is 30.6 Å². The maximum atomic E-state index is 13.4. The van der Waals surface area contributed by atoms with E-state index in [1.54, 1.807) is 18.5 Å². The van der Waals surface area contributed by atoms with Crippen LogP contribution >= 0.6 is 11.6 Å². The van der Waals surface area contributed by atoms with Crippen LogP contribution < -0.4 is 10.6 Å². The van der Waals surface area contributed by atoms with Crippen LogP contribution in [0.2, 0.25) is 5.02 Å². The van der Waals surface area contributed by atoms with Crippen molar-refractivity contribution in [1.29, 1.82) is 0 Å². The van der Waals surface area contributed by atoms with E-state index in [1.165, 1.54) is 7.11 Å². The zero-order valence-electron chi connectivity index (χ0n) is 19.1. The lowest BCUT2D eigenvalue weighted by atomic mass is 10.0. The molecule has 2 atom stereocenters. The minimum Gasteiger partial charge on any atom is -0.453 e. The van der Waals surface area contributed by atoms with Crippen molar-refractivity contribution < 1.29 is 19.1 Å². The molecule has 0 spiro atoms. The van der Waals surface area contributed by atoms with Gasteiger partial charge in [0.2, 0.25) is 5.91 Å². The van der Waals surface area contributed by atoms with Gasteiger partial charge in [0.15, 0.2) is 0 Å². The average Bonchev–Trinajstić information content (AvgIpc) is 3.11. The lowest BCUT2D eigenvalue weighted by Crippen LogP contribution is -2.60. The van der Waals surface area contributed by atoms with Gasteiger partial charge in [-0.1, -0.05) is 11.6 Å². The summed E-state index contributed by atoms with van der Waals surface area (Å²) in [5.41, 5.74) is 1.80. The van der Waals surface area contributed by atoms with Gasteiger partial charge in [0, 0.05) is 41.1 Å². The maximum absolute atomic E-state index is 13.4. The van der Waals surface area contributed by atoms with Gasteiger partial charge in [0.25, 0.3) is 0 Å². The molecule has 1 saturated heterocycles. The van der Waals surface area contributed by atoms with Gasteiger partial charge in [-0.15, -0.1) is 0 Å². The number of anilines is 1. The number of ether oxygens (including phenoxy) is 2. The first-order chi connectivity index (χ1) is 15.7. The number of nitrogens with one attached hydrogen (secondary N) is 3. The fourth-order valence-electron chi connectivity index (χ4n) is 4.28. The number of morpholine rings is 1. The van der Waals surface area contributed by atoms with E-state index in [2.05, 4.69) is 25.3 Å². The van der Waals surface area contributed by atoms with Crippen molar-refractivity contribution in [1.82, 2.24) is 20.2 Å². The number of benzene rings is 1. The highest BCUT2D eigenvalue weighted by Gasteiger charge is 2.38. The van der Waals surface area contributed by atoms with Crippen LogP contribution in [0.1, 0.15) is 20.8 Å². The molecule has 2 amide bonds. The number of carbonyl (C=O) groups is 2. The van der Waals surface area contributed by atoms with Crippen molar-refractivity contribution in [3.8, 4) is 0 Å². The summed E-state index contributed by atoms with van der Waals surface area (Å²) >= 11 is 6.38. The second kappa shape index (κ2) is 9.17. The number of pyridine rings is 1. The van der Waals surface area contributed by atoms with Crippen LogP contribution in [-0.4, -0.2) is 71.4 Å².